The lowest BCUT2D eigenvalue weighted by molar-refractivity contribution is -0.131. The summed E-state index contributed by atoms with van der Waals surface area (Å²) in [6.07, 6.45) is 2.76. The van der Waals surface area contributed by atoms with Gasteiger partial charge in [-0.25, -0.2) is 4.79 Å². The summed E-state index contributed by atoms with van der Waals surface area (Å²) in [6.45, 7) is 8.65. The van der Waals surface area contributed by atoms with Gasteiger partial charge in [0.1, 0.15) is 0 Å². The molecule has 0 bridgehead atoms. The van der Waals surface area contributed by atoms with Crippen LogP contribution in [0.3, 0.4) is 0 Å². The van der Waals surface area contributed by atoms with Crippen LogP contribution in [0.1, 0.15) is 19.4 Å². The number of carboxylic acids is 1. The Bertz CT molecular complexity index is 545. The molecule has 0 aliphatic carbocycles. The van der Waals surface area contributed by atoms with Crippen LogP contribution in [0.25, 0.3) is 6.08 Å². The molecule has 1 heterocycles. The smallest absolute Gasteiger partial charge is 0.328 e. The maximum absolute atomic E-state index is 10.6. The molecule has 2 rings (SSSR count). The van der Waals surface area contributed by atoms with Crippen molar-refractivity contribution in [2.75, 3.05) is 31.1 Å². The molecule has 0 aromatic heterocycles. The molecule has 1 atom stereocenters. The molecule has 1 aliphatic rings. The van der Waals surface area contributed by atoms with Crippen molar-refractivity contribution in [3.63, 3.8) is 0 Å². The van der Waals surface area contributed by atoms with Crippen molar-refractivity contribution in [1.29, 1.82) is 0 Å². The van der Waals surface area contributed by atoms with Crippen molar-refractivity contribution < 1.29 is 9.90 Å². The Morgan fingerprint density at radius 2 is 2.24 bits per heavy atom. The van der Waals surface area contributed by atoms with Crippen molar-refractivity contribution in [3.05, 3.63) is 34.3 Å². The highest BCUT2D eigenvalue weighted by Gasteiger charge is 2.23. The van der Waals surface area contributed by atoms with E-state index < -0.39 is 5.97 Å². The Hall–Kier alpha value is -1.33. The zero-order valence-electron chi connectivity index (χ0n) is 12.4. The van der Waals surface area contributed by atoms with E-state index in [0.717, 1.165) is 42.3 Å². The Morgan fingerprint density at radius 1 is 1.48 bits per heavy atom. The first-order valence-corrected chi connectivity index (χ1v) is 8.00. The Morgan fingerprint density at radius 3 is 2.81 bits per heavy atom. The van der Waals surface area contributed by atoms with Gasteiger partial charge in [0.25, 0.3) is 0 Å². The minimum absolute atomic E-state index is 0.544. The Labute approximate surface area is 134 Å². The summed E-state index contributed by atoms with van der Waals surface area (Å²) in [7, 11) is 0. The number of aliphatic carboxylic acids is 1. The molecule has 0 amide bonds. The molecule has 5 heteroatoms. The van der Waals surface area contributed by atoms with Gasteiger partial charge in [-0.3, -0.25) is 4.90 Å². The lowest BCUT2D eigenvalue weighted by Gasteiger charge is -2.40. The predicted octanol–water partition coefficient (Wildman–Crippen LogP) is 3.08. The van der Waals surface area contributed by atoms with Crippen molar-refractivity contribution in [2.24, 2.45) is 0 Å². The summed E-state index contributed by atoms with van der Waals surface area (Å²) < 4.78 is 1.01. The molecular formula is C16H21BrN2O2. The minimum Gasteiger partial charge on any atom is -0.478 e. The molecule has 1 fully saturated rings. The van der Waals surface area contributed by atoms with Crippen LogP contribution in [0.5, 0.6) is 0 Å². The van der Waals surface area contributed by atoms with Crippen LogP contribution in [0.15, 0.2) is 28.7 Å². The van der Waals surface area contributed by atoms with E-state index in [2.05, 4.69) is 45.6 Å². The van der Waals surface area contributed by atoms with Crippen molar-refractivity contribution in [3.8, 4) is 0 Å². The van der Waals surface area contributed by atoms with E-state index in [4.69, 9.17) is 5.11 Å². The van der Waals surface area contributed by atoms with E-state index in [1.165, 1.54) is 5.69 Å². The standard InChI is InChI=1S/C16H21BrN2O2/c1-3-18-8-9-19(11-12(18)2)15-6-4-13(10-14(15)17)5-7-16(20)21/h4-7,10,12H,3,8-9,11H2,1-2H3,(H,20,21)/b7-5+. The normalized spacial score (nSPS) is 20.1. The molecule has 1 aliphatic heterocycles. The number of carboxylic acid groups (broad SMARTS) is 1. The first-order valence-electron chi connectivity index (χ1n) is 7.20. The van der Waals surface area contributed by atoms with Crippen LogP contribution in [0.2, 0.25) is 0 Å². The molecule has 1 aromatic carbocycles. The zero-order valence-corrected chi connectivity index (χ0v) is 14.0. The highest BCUT2D eigenvalue weighted by atomic mass is 79.9. The third-order valence-corrected chi connectivity index (χ3v) is 4.54. The number of anilines is 1. The number of halogens is 1. The molecule has 0 saturated carbocycles. The van der Waals surface area contributed by atoms with Crippen molar-refractivity contribution in [2.45, 2.75) is 19.9 Å². The Balaban J connectivity index is 2.13. The SMILES string of the molecule is CCN1CCN(c2ccc(/C=C/C(=O)O)cc2Br)CC1C. The molecule has 0 spiro atoms. The summed E-state index contributed by atoms with van der Waals surface area (Å²) >= 11 is 3.61. The van der Waals surface area contributed by atoms with Gasteiger partial charge in [-0.2, -0.15) is 0 Å². The number of nitrogens with zero attached hydrogens (tertiary/aromatic N) is 2. The molecule has 114 valence electrons. The lowest BCUT2D eigenvalue weighted by Crippen LogP contribution is -2.51. The van der Waals surface area contributed by atoms with Gasteiger partial charge < -0.3 is 10.0 Å². The summed E-state index contributed by atoms with van der Waals surface area (Å²) in [5.74, 6) is -0.931. The third kappa shape index (κ3) is 4.08. The highest BCUT2D eigenvalue weighted by molar-refractivity contribution is 9.10. The zero-order chi connectivity index (χ0) is 15.4. The fourth-order valence-electron chi connectivity index (χ4n) is 2.73. The number of benzene rings is 1. The van der Waals surface area contributed by atoms with E-state index in [1.807, 2.05) is 12.1 Å². The van der Waals surface area contributed by atoms with Gasteiger partial charge in [-0.15, -0.1) is 0 Å². The maximum atomic E-state index is 10.6. The van der Waals surface area contributed by atoms with Crippen LogP contribution in [-0.4, -0.2) is 48.2 Å². The fourth-order valence-corrected chi connectivity index (χ4v) is 3.38. The topological polar surface area (TPSA) is 43.8 Å². The van der Waals surface area contributed by atoms with E-state index in [-0.39, 0.29) is 0 Å². The molecular weight excluding hydrogens is 332 g/mol. The molecule has 1 aromatic rings. The van der Waals surface area contributed by atoms with E-state index >= 15 is 0 Å². The lowest BCUT2D eigenvalue weighted by atomic mass is 10.1. The second kappa shape index (κ2) is 7.09. The number of carbonyl (C=O) groups is 1. The molecule has 1 saturated heterocycles. The van der Waals surface area contributed by atoms with Crippen LogP contribution >= 0.6 is 15.9 Å². The second-order valence-corrected chi connectivity index (χ2v) is 6.16. The fraction of sp³-hybridized carbons (Fsp3) is 0.438. The first kappa shape index (κ1) is 16.0. The number of hydrogen-bond donors (Lipinski definition) is 1. The van der Waals surface area contributed by atoms with Gasteiger partial charge in [0.15, 0.2) is 0 Å². The van der Waals surface area contributed by atoms with Crippen LogP contribution < -0.4 is 4.90 Å². The molecule has 0 radical (unpaired) electrons. The summed E-state index contributed by atoms with van der Waals surface area (Å²) in [6, 6.07) is 6.52. The van der Waals surface area contributed by atoms with Gasteiger partial charge in [0, 0.05) is 36.2 Å². The maximum Gasteiger partial charge on any atom is 0.328 e. The van der Waals surface area contributed by atoms with E-state index in [1.54, 1.807) is 6.08 Å². The van der Waals surface area contributed by atoms with Crippen LogP contribution in [0.4, 0.5) is 5.69 Å². The molecule has 4 nitrogen and oxygen atoms in total. The first-order chi connectivity index (χ1) is 10.0. The van der Waals surface area contributed by atoms with Gasteiger partial charge in [-0.1, -0.05) is 13.0 Å². The molecule has 1 N–H and O–H groups in total. The summed E-state index contributed by atoms with van der Waals surface area (Å²) in [5.41, 5.74) is 2.05. The summed E-state index contributed by atoms with van der Waals surface area (Å²) in [5, 5.41) is 8.67. The average Bonchev–Trinajstić information content (AvgIpc) is 2.45. The van der Waals surface area contributed by atoms with Crippen molar-refractivity contribution in [1.82, 2.24) is 4.90 Å². The van der Waals surface area contributed by atoms with Gasteiger partial charge in [0.2, 0.25) is 0 Å². The van der Waals surface area contributed by atoms with Gasteiger partial charge in [0.05, 0.1) is 5.69 Å². The highest BCUT2D eigenvalue weighted by Crippen LogP contribution is 2.29. The van der Waals surface area contributed by atoms with Gasteiger partial charge in [-0.05, 0) is 53.2 Å². The predicted molar refractivity (Wildman–Crippen MR) is 89.7 cm³/mol. The third-order valence-electron chi connectivity index (χ3n) is 3.90. The van der Waals surface area contributed by atoms with E-state index in [9.17, 15) is 4.79 Å². The number of rotatable bonds is 4. The largest absolute Gasteiger partial charge is 0.478 e. The van der Waals surface area contributed by atoms with Crippen LogP contribution in [-0.2, 0) is 4.79 Å². The Kier molecular flexibility index (Phi) is 5.42. The molecule has 1 unspecified atom stereocenters. The second-order valence-electron chi connectivity index (χ2n) is 5.31. The van der Waals surface area contributed by atoms with Crippen molar-refractivity contribution >= 4 is 33.7 Å². The quantitative estimate of drug-likeness (QED) is 0.845. The monoisotopic (exact) mass is 352 g/mol. The number of likely N-dealkylation sites (N-methyl/N-ethyl adjacent to an activating group) is 1. The van der Waals surface area contributed by atoms with E-state index in [0.29, 0.717) is 6.04 Å². The number of piperazine rings is 1. The average molecular weight is 353 g/mol. The minimum atomic E-state index is -0.931. The molecule has 21 heavy (non-hydrogen) atoms. The van der Waals surface area contributed by atoms with Gasteiger partial charge >= 0.3 is 5.97 Å². The summed E-state index contributed by atoms with van der Waals surface area (Å²) in [4.78, 5) is 15.4. The van der Waals surface area contributed by atoms with Crippen LogP contribution in [0, 0.1) is 0 Å². The number of hydrogen-bond acceptors (Lipinski definition) is 3.